The number of nitrogens with one attached hydrogen (secondary N) is 2. The molecule has 8 nitrogen and oxygen atoms in total. The van der Waals surface area contributed by atoms with Crippen molar-refractivity contribution in [2.75, 3.05) is 37.3 Å². The fourth-order valence-electron chi connectivity index (χ4n) is 4.36. The van der Waals surface area contributed by atoms with Gasteiger partial charge in [0.15, 0.2) is 0 Å². The van der Waals surface area contributed by atoms with Gasteiger partial charge in [0.1, 0.15) is 11.5 Å². The molecule has 1 aliphatic heterocycles. The number of methoxy groups -OCH3 is 2. The normalized spacial score (nSPS) is 14.7. The zero-order chi connectivity index (χ0) is 26.4. The van der Waals surface area contributed by atoms with Gasteiger partial charge in [-0.05, 0) is 74.8 Å². The molecule has 0 atom stereocenters. The second-order valence-corrected chi connectivity index (χ2v) is 10.9. The number of amides is 1. The molecule has 196 valence electrons. The van der Waals surface area contributed by atoms with Gasteiger partial charge in [-0.1, -0.05) is 29.8 Å². The van der Waals surface area contributed by atoms with E-state index in [9.17, 15) is 13.2 Å². The first-order chi connectivity index (χ1) is 17.8. The van der Waals surface area contributed by atoms with Crippen molar-refractivity contribution >= 4 is 27.3 Å². The molecule has 0 spiro atoms. The molecule has 0 aliphatic carbocycles. The number of benzene rings is 3. The maximum atomic E-state index is 12.9. The van der Waals surface area contributed by atoms with Gasteiger partial charge in [0.2, 0.25) is 5.91 Å². The highest BCUT2D eigenvalue weighted by atomic mass is 32.2. The van der Waals surface area contributed by atoms with E-state index in [0.29, 0.717) is 17.2 Å². The molecule has 3 aromatic rings. The minimum Gasteiger partial charge on any atom is -0.497 e. The number of carbonyl (C=O) groups is 1. The molecule has 1 aliphatic rings. The van der Waals surface area contributed by atoms with Gasteiger partial charge in [-0.3, -0.25) is 14.4 Å². The fourth-order valence-corrected chi connectivity index (χ4v) is 5.43. The van der Waals surface area contributed by atoms with E-state index in [4.69, 9.17) is 9.47 Å². The van der Waals surface area contributed by atoms with Crippen molar-refractivity contribution in [3.63, 3.8) is 0 Å². The Labute approximate surface area is 218 Å². The third-order valence-corrected chi connectivity index (χ3v) is 7.95. The Hall–Kier alpha value is -3.56. The van der Waals surface area contributed by atoms with Gasteiger partial charge in [-0.2, -0.15) is 0 Å². The van der Waals surface area contributed by atoms with Gasteiger partial charge in [-0.15, -0.1) is 0 Å². The van der Waals surface area contributed by atoms with Crippen LogP contribution in [0.2, 0.25) is 0 Å². The topological polar surface area (TPSA) is 97.0 Å². The molecular formula is C28H33N3O5S. The molecule has 9 heteroatoms. The number of sulfonamides is 1. The second kappa shape index (κ2) is 11.7. The predicted molar refractivity (Wildman–Crippen MR) is 145 cm³/mol. The van der Waals surface area contributed by atoms with Crippen molar-refractivity contribution in [2.24, 2.45) is 5.92 Å². The first-order valence-electron chi connectivity index (χ1n) is 12.2. The molecule has 0 bridgehead atoms. The van der Waals surface area contributed by atoms with Crippen LogP contribution in [0.25, 0.3) is 0 Å². The van der Waals surface area contributed by atoms with Crippen LogP contribution in [-0.2, 0) is 21.4 Å². The highest BCUT2D eigenvalue weighted by Gasteiger charge is 2.25. The molecule has 1 amide bonds. The standard InChI is InChI=1S/C28H33N3O5S/c1-20-4-6-21(7-5-20)19-31-16-14-22(15-17-31)28(32)29-23-8-11-25(12-9-23)37(33,34)30-26-18-24(35-2)10-13-27(26)36-3/h4-13,18,22,30H,14-17,19H2,1-3H3,(H,29,32). The van der Waals surface area contributed by atoms with Gasteiger partial charge in [0.05, 0.1) is 24.8 Å². The Kier molecular flexibility index (Phi) is 8.35. The zero-order valence-corrected chi connectivity index (χ0v) is 22.2. The maximum Gasteiger partial charge on any atom is 0.262 e. The smallest absolute Gasteiger partial charge is 0.262 e. The number of anilines is 2. The predicted octanol–water partition coefficient (Wildman–Crippen LogP) is 4.66. The van der Waals surface area contributed by atoms with Crippen LogP contribution in [0.5, 0.6) is 11.5 Å². The van der Waals surface area contributed by atoms with Gasteiger partial charge in [0.25, 0.3) is 10.0 Å². The lowest BCUT2D eigenvalue weighted by Crippen LogP contribution is -2.37. The van der Waals surface area contributed by atoms with E-state index in [1.54, 1.807) is 30.3 Å². The van der Waals surface area contributed by atoms with Crippen molar-refractivity contribution < 1.29 is 22.7 Å². The van der Waals surface area contributed by atoms with Gasteiger partial charge in [-0.25, -0.2) is 8.42 Å². The molecule has 1 fully saturated rings. The minimum absolute atomic E-state index is 0.0372. The third-order valence-electron chi connectivity index (χ3n) is 6.57. The molecule has 0 aromatic heterocycles. The van der Waals surface area contributed by atoms with Crippen LogP contribution >= 0.6 is 0 Å². The summed E-state index contributed by atoms with van der Waals surface area (Å²) in [7, 11) is -0.910. The quantitative estimate of drug-likeness (QED) is 0.423. The Balaban J connectivity index is 1.32. The zero-order valence-electron chi connectivity index (χ0n) is 21.4. The number of nitrogens with zero attached hydrogens (tertiary/aromatic N) is 1. The lowest BCUT2D eigenvalue weighted by atomic mass is 9.95. The summed E-state index contributed by atoms with van der Waals surface area (Å²) in [5.74, 6) is 0.764. The molecule has 2 N–H and O–H groups in total. The molecule has 0 saturated carbocycles. The van der Waals surface area contributed by atoms with Crippen molar-refractivity contribution in [3.8, 4) is 11.5 Å². The molecule has 1 heterocycles. The molecule has 4 rings (SSSR count). The lowest BCUT2D eigenvalue weighted by Gasteiger charge is -2.31. The molecule has 37 heavy (non-hydrogen) atoms. The summed E-state index contributed by atoms with van der Waals surface area (Å²) >= 11 is 0. The maximum absolute atomic E-state index is 12.9. The van der Waals surface area contributed by atoms with Crippen LogP contribution in [0.3, 0.4) is 0 Å². The summed E-state index contributed by atoms with van der Waals surface area (Å²) in [5.41, 5.74) is 3.36. The van der Waals surface area contributed by atoms with Gasteiger partial charge < -0.3 is 14.8 Å². The average Bonchev–Trinajstić information content (AvgIpc) is 2.90. The van der Waals surface area contributed by atoms with Crippen LogP contribution in [0.15, 0.2) is 71.6 Å². The van der Waals surface area contributed by atoms with E-state index in [0.717, 1.165) is 32.5 Å². The first kappa shape index (κ1) is 26.5. The molecule has 0 radical (unpaired) electrons. The van der Waals surface area contributed by atoms with Crippen molar-refractivity contribution in [1.82, 2.24) is 4.90 Å². The highest BCUT2D eigenvalue weighted by Crippen LogP contribution is 2.31. The summed E-state index contributed by atoms with van der Waals surface area (Å²) < 4.78 is 38.8. The van der Waals surface area contributed by atoms with Gasteiger partial charge >= 0.3 is 0 Å². The van der Waals surface area contributed by atoms with E-state index in [1.807, 2.05) is 0 Å². The van der Waals surface area contributed by atoms with Crippen molar-refractivity contribution in [2.45, 2.75) is 31.2 Å². The number of carbonyl (C=O) groups excluding carboxylic acids is 1. The minimum atomic E-state index is -3.87. The summed E-state index contributed by atoms with van der Waals surface area (Å²) in [6.45, 7) is 4.70. The largest absolute Gasteiger partial charge is 0.497 e. The number of ether oxygens (including phenoxy) is 2. The van der Waals surface area contributed by atoms with Crippen molar-refractivity contribution in [1.29, 1.82) is 0 Å². The van der Waals surface area contributed by atoms with E-state index in [-0.39, 0.29) is 22.4 Å². The second-order valence-electron chi connectivity index (χ2n) is 9.22. The van der Waals surface area contributed by atoms with Crippen LogP contribution in [0, 0.1) is 12.8 Å². The third kappa shape index (κ3) is 6.81. The number of hydrogen-bond acceptors (Lipinski definition) is 6. The van der Waals surface area contributed by atoms with Crippen LogP contribution in [0.1, 0.15) is 24.0 Å². The van der Waals surface area contributed by atoms with E-state index >= 15 is 0 Å². The monoisotopic (exact) mass is 523 g/mol. The number of rotatable bonds is 9. The SMILES string of the molecule is COc1ccc(OC)c(NS(=O)(=O)c2ccc(NC(=O)C3CCN(Cc4ccc(C)cc4)CC3)cc2)c1. The molecular weight excluding hydrogens is 490 g/mol. The Morgan fingerprint density at radius 2 is 1.62 bits per heavy atom. The number of likely N-dealkylation sites (tertiary alicyclic amines) is 1. The summed E-state index contributed by atoms with van der Waals surface area (Å²) in [4.78, 5) is 15.3. The number of aryl methyl sites for hydroxylation is 1. The van der Waals surface area contributed by atoms with Crippen molar-refractivity contribution in [3.05, 3.63) is 77.9 Å². The Bertz CT molecular complexity index is 1320. The lowest BCUT2D eigenvalue weighted by molar-refractivity contribution is -0.121. The van der Waals surface area contributed by atoms with E-state index in [2.05, 4.69) is 46.1 Å². The summed E-state index contributed by atoms with van der Waals surface area (Å²) in [6.07, 6.45) is 1.58. The van der Waals surface area contributed by atoms with Crippen LogP contribution < -0.4 is 19.5 Å². The van der Waals surface area contributed by atoms with Crippen LogP contribution in [-0.4, -0.2) is 46.5 Å². The van der Waals surface area contributed by atoms with Crippen LogP contribution in [0.4, 0.5) is 11.4 Å². The average molecular weight is 524 g/mol. The molecule has 0 unspecified atom stereocenters. The number of hydrogen-bond donors (Lipinski definition) is 2. The molecule has 1 saturated heterocycles. The van der Waals surface area contributed by atoms with E-state index < -0.39 is 10.0 Å². The Morgan fingerprint density at radius 3 is 2.24 bits per heavy atom. The molecule has 3 aromatic carbocycles. The fraction of sp³-hybridized carbons (Fsp3) is 0.321. The summed E-state index contributed by atoms with van der Waals surface area (Å²) in [6, 6.07) is 19.5. The highest BCUT2D eigenvalue weighted by molar-refractivity contribution is 7.92. The van der Waals surface area contributed by atoms with E-state index in [1.165, 1.54) is 37.5 Å². The number of piperidine rings is 1. The Morgan fingerprint density at radius 1 is 0.946 bits per heavy atom. The van der Waals surface area contributed by atoms with Gasteiger partial charge in [0, 0.05) is 24.2 Å². The first-order valence-corrected chi connectivity index (χ1v) is 13.7. The summed E-state index contributed by atoms with van der Waals surface area (Å²) in [5, 5.41) is 2.93.